The Bertz CT molecular complexity index is 628. The zero-order valence-corrected chi connectivity index (χ0v) is 12.3. The predicted molar refractivity (Wildman–Crippen MR) is 78.3 cm³/mol. The third-order valence-corrected chi connectivity index (χ3v) is 6.85. The van der Waals surface area contributed by atoms with Gasteiger partial charge in [0.1, 0.15) is 0 Å². The van der Waals surface area contributed by atoms with Crippen molar-refractivity contribution in [2.24, 2.45) is 5.73 Å². The van der Waals surface area contributed by atoms with Crippen LogP contribution in [0.25, 0.3) is 0 Å². The summed E-state index contributed by atoms with van der Waals surface area (Å²) in [6.45, 7) is 0.288. The highest BCUT2D eigenvalue weighted by Gasteiger charge is 2.57. The maximum Gasteiger partial charge on any atom is 0.153 e. The first-order valence-corrected chi connectivity index (χ1v) is 8.96. The van der Waals surface area contributed by atoms with Gasteiger partial charge in [-0.25, -0.2) is 8.42 Å². The van der Waals surface area contributed by atoms with E-state index in [0.29, 0.717) is 6.42 Å². The Morgan fingerprint density at radius 3 is 2.65 bits per heavy atom. The van der Waals surface area contributed by atoms with E-state index in [4.69, 9.17) is 5.73 Å². The number of aliphatic hydroxyl groups is 1. The number of hydrogen-bond donors (Lipinski definition) is 2. The number of fused-ring (bicyclic) bond motifs is 1. The summed E-state index contributed by atoms with van der Waals surface area (Å²) in [5.74, 6) is -0.0983. The minimum Gasteiger partial charge on any atom is -0.388 e. The van der Waals surface area contributed by atoms with Gasteiger partial charge in [-0.15, -0.1) is 0 Å². The zero-order valence-electron chi connectivity index (χ0n) is 11.5. The van der Waals surface area contributed by atoms with Crippen molar-refractivity contribution in [3.05, 3.63) is 35.4 Å². The fraction of sp³-hybridized carbons (Fsp3) is 0.600. The van der Waals surface area contributed by atoms with Crippen molar-refractivity contribution in [3.63, 3.8) is 0 Å². The van der Waals surface area contributed by atoms with E-state index < -0.39 is 20.9 Å². The maximum absolute atomic E-state index is 11.9. The van der Waals surface area contributed by atoms with Gasteiger partial charge in [0, 0.05) is 12.0 Å². The molecule has 1 aliphatic carbocycles. The Kier molecular flexibility index (Phi) is 3.19. The molecule has 0 bridgehead atoms. The van der Waals surface area contributed by atoms with E-state index in [1.165, 1.54) is 5.56 Å². The minimum atomic E-state index is -3.16. The maximum atomic E-state index is 11.9. The van der Waals surface area contributed by atoms with Crippen LogP contribution in [0.5, 0.6) is 0 Å². The second kappa shape index (κ2) is 4.55. The van der Waals surface area contributed by atoms with Crippen LogP contribution in [0.15, 0.2) is 24.3 Å². The van der Waals surface area contributed by atoms with Crippen molar-refractivity contribution in [1.29, 1.82) is 0 Å². The number of rotatable bonds is 2. The van der Waals surface area contributed by atoms with Crippen molar-refractivity contribution in [1.82, 2.24) is 0 Å². The van der Waals surface area contributed by atoms with E-state index in [1.54, 1.807) is 0 Å². The molecule has 1 saturated heterocycles. The van der Waals surface area contributed by atoms with Gasteiger partial charge < -0.3 is 10.8 Å². The Balaban J connectivity index is 2.14. The van der Waals surface area contributed by atoms with Crippen LogP contribution in [0, 0.1) is 0 Å². The zero-order chi connectivity index (χ0) is 14.4. The summed E-state index contributed by atoms with van der Waals surface area (Å²) in [7, 11) is -3.16. The average Bonchev–Trinajstić information content (AvgIpc) is 2.73. The van der Waals surface area contributed by atoms with Gasteiger partial charge >= 0.3 is 0 Å². The average molecular weight is 295 g/mol. The molecule has 0 spiro atoms. The highest BCUT2D eigenvalue weighted by atomic mass is 32.2. The van der Waals surface area contributed by atoms with Crippen molar-refractivity contribution in [3.8, 4) is 0 Å². The van der Waals surface area contributed by atoms with Crippen LogP contribution in [-0.2, 0) is 21.7 Å². The molecule has 0 amide bonds. The predicted octanol–water partition coefficient (Wildman–Crippen LogP) is 0.769. The lowest BCUT2D eigenvalue weighted by Gasteiger charge is -2.48. The Labute approximate surface area is 119 Å². The second-order valence-corrected chi connectivity index (χ2v) is 8.35. The first-order chi connectivity index (χ1) is 9.43. The fourth-order valence-corrected chi connectivity index (χ4v) is 5.96. The SMILES string of the molecule is NCC1(C2(O)CCS(=O)(=O)C2)CCCc2ccccc21. The topological polar surface area (TPSA) is 80.4 Å². The van der Waals surface area contributed by atoms with Crippen molar-refractivity contribution >= 4 is 9.84 Å². The molecule has 0 aromatic heterocycles. The molecule has 0 saturated carbocycles. The Morgan fingerprint density at radius 1 is 1.25 bits per heavy atom. The molecule has 3 rings (SSSR count). The van der Waals surface area contributed by atoms with E-state index in [9.17, 15) is 13.5 Å². The molecular weight excluding hydrogens is 274 g/mol. The molecule has 1 aromatic carbocycles. The summed E-state index contributed by atoms with van der Waals surface area (Å²) in [5, 5.41) is 11.1. The van der Waals surface area contributed by atoms with Gasteiger partial charge in [-0.3, -0.25) is 0 Å². The van der Waals surface area contributed by atoms with Crippen LogP contribution in [0.3, 0.4) is 0 Å². The van der Waals surface area contributed by atoms with E-state index in [0.717, 1.165) is 24.8 Å². The molecule has 0 radical (unpaired) electrons. The number of benzene rings is 1. The molecule has 1 aromatic rings. The summed E-state index contributed by atoms with van der Waals surface area (Å²) in [6.07, 6.45) is 2.96. The van der Waals surface area contributed by atoms with Crippen molar-refractivity contribution in [2.45, 2.75) is 36.7 Å². The highest BCUT2D eigenvalue weighted by Crippen LogP contribution is 2.48. The third-order valence-electron chi connectivity index (χ3n) is 5.11. The summed E-state index contributed by atoms with van der Waals surface area (Å²) in [4.78, 5) is 0. The van der Waals surface area contributed by atoms with Gasteiger partial charge in [0.15, 0.2) is 9.84 Å². The lowest BCUT2D eigenvalue weighted by molar-refractivity contribution is -0.0222. The first kappa shape index (κ1) is 14.0. The molecule has 5 heteroatoms. The van der Waals surface area contributed by atoms with Gasteiger partial charge in [-0.1, -0.05) is 24.3 Å². The lowest BCUT2D eigenvalue weighted by Crippen LogP contribution is -2.58. The Morgan fingerprint density at radius 2 is 2.00 bits per heavy atom. The number of nitrogens with two attached hydrogens (primary N) is 1. The first-order valence-electron chi connectivity index (χ1n) is 7.14. The molecule has 2 aliphatic rings. The standard InChI is InChI=1S/C15H21NO3S/c16-10-14(15(17)8-9-20(18,19)11-15)7-3-5-12-4-1-2-6-13(12)14/h1-2,4,6,17H,3,5,7-11,16H2. The molecule has 2 unspecified atom stereocenters. The molecule has 110 valence electrons. The highest BCUT2D eigenvalue weighted by molar-refractivity contribution is 7.91. The van der Waals surface area contributed by atoms with Crippen LogP contribution in [0.2, 0.25) is 0 Å². The molecule has 1 heterocycles. The van der Waals surface area contributed by atoms with E-state index in [-0.39, 0.29) is 18.1 Å². The van der Waals surface area contributed by atoms with Crippen LogP contribution >= 0.6 is 0 Å². The van der Waals surface area contributed by atoms with Crippen molar-refractivity contribution < 1.29 is 13.5 Å². The van der Waals surface area contributed by atoms with Crippen molar-refractivity contribution in [2.75, 3.05) is 18.1 Å². The largest absolute Gasteiger partial charge is 0.388 e. The monoisotopic (exact) mass is 295 g/mol. The minimum absolute atomic E-state index is 0.0629. The molecule has 3 N–H and O–H groups in total. The Hall–Kier alpha value is -0.910. The second-order valence-electron chi connectivity index (χ2n) is 6.17. The lowest BCUT2D eigenvalue weighted by atomic mass is 9.60. The fourth-order valence-electron chi connectivity index (χ4n) is 4.02. The van der Waals surface area contributed by atoms with Gasteiger partial charge in [-0.2, -0.15) is 0 Å². The normalized spacial score (nSPS) is 35.7. The van der Waals surface area contributed by atoms with Crippen LogP contribution < -0.4 is 5.73 Å². The van der Waals surface area contributed by atoms with Gasteiger partial charge in [0.05, 0.1) is 17.1 Å². The van der Waals surface area contributed by atoms with Gasteiger partial charge in [0.2, 0.25) is 0 Å². The molecule has 1 fully saturated rings. The van der Waals surface area contributed by atoms with Gasteiger partial charge in [-0.05, 0) is 36.8 Å². The van der Waals surface area contributed by atoms with E-state index in [2.05, 4.69) is 6.07 Å². The molecule has 4 nitrogen and oxygen atoms in total. The number of sulfone groups is 1. The van der Waals surface area contributed by atoms with E-state index in [1.807, 2.05) is 18.2 Å². The molecule has 1 aliphatic heterocycles. The summed E-state index contributed by atoms with van der Waals surface area (Å²) in [5.41, 5.74) is 6.45. The summed E-state index contributed by atoms with van der Waals surface area (Å²) in [6, 6.07) is 8.00. The third kappa shape index (κ3) is 1.91. The molecular formula is C15H21NO3S. The molecule has 20 heavy (non-hydrogen) atoms. The van der Waals surface area contributed by atoms with Crippen LogP contribution in [0.4, 0.5) is 0 Å². The number of aryl methyl sites for hydroxylation is 1. The summed E-state index contributed by atoms with van der Waals surface area (Å²) >= 11 is 0. The quantitative estimate of drug-likeness (QED) is 0.844. The number of hydrogen-bond acceptors (Lipinski definition) is 4. The summed E-state index contributed by atoms with van der Waals surface area (Å²) < 4.78 is 23.7. The van der Waals surface area contributed by atoms with Crippen LogP contribution in [0.1, 0.15) is 30.4 Å². The van der Waals surface area contributed by atoms with Gasteiger partial charge in [0.25, 0.3) is 0 Å². The smallest absolute Gasteiger partial charge is 0.153 e. The van der Waals surface area contributed by atoms with Crippen LogP contribution in [-0.4, -0.2) is 37.2 Å². The molecule has 2 atom stereocenters. The van der Waals surface area contributed by atoms with E-state index >= 15 is 0 Å².